The van der Waals surface area contributed by atoms with Gasteiger partial charge in [0, 0.05) is 4.90 Å². The van der Waals surface area contributed by atoms with Gasteiger partial charge in [0.05, 0.1) is 0 Å². The second kappa shape index (κ2) is 4.89. The molecule has 1 nitrogen and oxygen atoms in total. The smallest absolute Gasteiger partial charge is 0.244 e. The zero-order chi connectivity index (χ0) is 9.84. The maximum Gasteiger partial charge on any atom is 0.244 e. The van der Waals surface area contributed by atoms with Crippen LogP contribution >= 0.6 is 35.0 Å². The van der Waals surface area contributed by atoms with E-state index in [2.05, 4.69) is 0 Å². The van der Waals surface area contributed by atoms with Crippen molar-refractivity contribution in [2.75, 3.05) is 6.26 Å². The van der Waals surface area contributed by atoms with Gasteiger partial charge in [-0.2, -0.15) is 0 Å². The summed E-state index contributed by atoms with van der Waals surface area (Å²) in [4.78, 5) is 11.9. The minimum Gasteiger partial charge on any atom is -0.279 e. The van der Waals surface area contributed by atoms with Crippen molar-refractivity contribution in [2.45, 2.75) is 10.3 Å². The first-order valence-electron chi connectivity index (χ1n) is 3.62. The van der Waals surface area contributed by atoms with Gasteiger partial charge in [0.2, 0.25) is 5.24 Å². The van der Waals surface area contributed by atoms with E-state index in [4.69, 9.17) is 23.2 Å². The molecule has 70 valence electrons. The summed E-state index contributed by atoms with van der Waals surface area (Å²) >= 11 is 12.6. The van der Waals surface area contributed by atoms with Crippen molar-refractivity contribution in [3.8, 4) is 0 Å². The summed E-state index contributed by atoms with van der Waals surface area (Å²) in [6, 6.07) is 7.44. The van der Waals surface area contributed by atoms with Crippen LogP contribution in [-0.2, 0) is 4.79 Å². The lowest BCUT2D eigenvalue weighted by Gasteiger charge is -2.04. The third-order valence-corrected chi connectivity index (χ3v) is 3.13. The predicted octanol–water partition coefficient (Wildman–Crippen LogP) is 3.45. The van der Waals surface area contributed by atoms with Gasteiger partial charge in [-0.3, -0.25) is 4.79 Å². The average molecular weight is 235 g/mol. The van der Waals surface area contributed by atoms with E-state index in [0.717, 1.165) is 10.5 Å². The molecule has 0 bridgehead atoms. The SMILES string of the molecule is CSc1ccc(C(Cl)C(=O)Cl)cc1. The molecule has 1 atom stereocenters. The molecule has 0 aliphatic heterocycles. The van der Waals surface area contributed by atoms with Gasteiger partial charge in [0.15, 0.2) is 0 Å². The van der Waals surface area contributed by atoms with Crippen molar-refractivity contribution in [3.05, 3.63) is 29.8 Å². The standard InChI is InChI=1S/C9H8Cl2OS/c1-13-7-4-2-6(3-5-7)8(10)9(11)12/h2-5,8H,1H3. The molecule has 4 heteroatoms. The Kier molecular flexibility index (Phi) is 4.10. The van der Waals surface area contributed by atoms with Crippen LogP contribution in [0.5, 0.6) is 0 Å². The Morgan fingerprint density at radius 1 is 1.38 bits per heavy atom. The van der Waals surface area contributed by atoms with Crippen LogP contribution in [0.1, 0.15) is 10.9 Å². The lowest BCUT2D eigenvalue weighted by molar-refractivity contribution is -0.111. The van der Waals surface area contributed by atoms with Gasteiger partial charge in [0.1, 0.15) is 5.38 Å². The number of benzene rings is 1. The first-order valence-corrected chi connectivity index (χ1v) is 5.66. The molecule has 0 spiro atoms. The molecule has 1 aromatic carbocycles. The minimum atomic E-state index is -0.738. The Balaban J connectivity index is 2.85. The van der Waals surface area contributed by atoms with E-state index in [1.807, 2.05) is 30.5 Å². The van der Waals surface area contributed by atoms with Crippen LogP contribution in [0, 0.1) is 0 Å². The molecule has 0 fully saturated rings. The second-order valence-electron chi connectivity index (χ2n) is 2.44. The molecule has 0 aliphatic carbocycles. The molecule has 0 aliphatic rings. The zero-order valence-corrected chi connectivity index (χ0v) is 9.29. The first-order chi connectivity index (χ1) is 6.15. The maximum absolute atomic E-state index is 10.7. The third kappa shape index (κ3) is 2.90. The zero-order valence-electron chi connectivity index (χ0n) is 6.96. The summed E-state index contributed by atoms with van der Waals surface area (Å²) in [5.41, 5.74) is 0.736. The minimum absolute atomic E-state index is 0.543. The van der Waals surface area contributed by atoms with Crippen molar-refractivity contribution in [2.24, 2.45) is 0 Å². The van der Waals surface area contributed by atoms with E-state index in [-0.39, 0.29) is 0 Å². The largest absolute Gasteiger partial charge is 0.279 e. The summed E-state index contributed by atoms with van der Waals surface area (Å²) in [6.45, 7) is 0. The van der Waals surface area contributed by atoms with E-state index >= 15 is 0 Å². The van der Waals surface area contributed by atoms with Crippen molar-refractivity contribution in [1.82, 2.24) is 0 Å². The van der Waals surface area contributed by atoms with Crippen LogP contribution in [0.3, 0.4) is 0 Å². The summed E-state index contributed by atoms with van der Waals surface area (Å²) < 4.78 is 0. The number of carbonyl (C=O) groups excluding carboxylic acids is 1. The molecule has 0 saturated carbocycles. The van der Waals surface area contributed by atoms with Gasteiger partial charge < -0.3 is 0 Å². The molecule has 0 N–H and O–H groups in total. The summed E-state index contributed by atoms with van der Waals surface area (Å²) in [7, 11) is 0. The van der Waals surface area contributed by atoms with E-state index in [0.29, 0.717) is 0 Å². The number of halogens is 2. The van der Waals surface area contributed by atoms with Crippen LogP contribution < -0.4 is 0 Å². The van der Waals surface area contributed by atoms with Crippen LogP contribution in [0.2, 0.25) is 0 Å². The summed E-state index contributed by atoms with van der Waals surface area (Å²) in [5.74, 6) is 0. The highest BCUT2D eigenvalue weighted by molar-refractivity contribution is 7.98. The van der Waals surface area contributed by atoms with Gasteiger partial charge in [0.25, 0.3) is 0 Å². The normalized spacial score (nSPS) is 12.5. The molecule has 1 aromatic rings. The summed E-state index contributed by atoms with van der Waals surface area (Å²) in [6.07, 6.45) is 1.99. The van der Waals surface area contributed by atoms with E-state index in [1.165, 1.54) is 0 Å². The van der Waals surface area contributed by atoms with Gasteiger partial charge in [-0.15, -0.1) is 23.4 Å². The fraction of sp³-hybridized carbons (Fsp3) is 0.222. The number of hydrogen-bond acceptors (Lipinski definition) is 2. The molecule has 13 heavy (non-hydrogen) atoms. The Labute approximate surface area is 91.4 Å². The van der Waals surface area contributed by atoms with E-state index in [9.17, 15) is 4.79 Å². The van der Waals surface area contributed by atoms with E-state index < -0.39 is 10.6 Å². The van der Waals surface area contributed by atoms with Crippen molar-refractivity contribution >= 4 is 40.2 Å². The molecular formula is C9H8Cl2OS. The summed E-state index contributed by atoms with van der Waals surface area (Å²) in [5, 5.41) is -1.28. The molecular weight excluding hydrogens is 227 g/mol. The van der Waals surface area contributed by atoms with Gasteiger partial charge >= 0.3 is 0 Å². The quantitative estimate of drug-likeness (QED) is 0.453. The third-order valence-electron chi connectivity index (χ3n) is 1.61. The van der Waals surface area contributed by atoms with Gasteiger partial charge in [-0.1, -0.05) is 12.1 Å². The highest BCUT2D eigenvalue weighted by Crippen LogP contribution is 2.25. The van der Waals surface area contributed by atoms with Crippen LogP contribution in [0.4, 0.5) is 0 Å². The fourth-order valence-electron chi connectivity index (χ4n) is 0.904. The Morgan fingerprint density at radius 2 is 1.92 bits per heavy atom. The van der Waals surface area contributed by atoms with Crippen LogP contribution in [0.15, 0.2) is 29.2 Å². The second-order valence-corrected chi connectivity index (χ2v) is 4.13. The first kappa shape index (κ1) is 10.9. The van der Waals surface area contributed by atoms with Crippen molar-refractivity contribution in [1.29, 1.82) is 0 Å². The number of rotatable bonds is 3. The van der Waals surface area contributed by atoms with E-state index in [1.54, 1.807) is 11.8 Å². The Bertz CT molecular complexity index is 297. The fourth-order valence-corrected chi connectivity index (χ4v) is 1.58. The molecule has 1 rings (SSSR count). The molecule has 1 unspecified atom stereocenters. The number of carbonyl (C=O) groups is 1. The molecule has 0 saturated heterocycles. The van der Waals surface area contributed by atoms with Crippen molar-refractivity contribution in [3.63, 3.8) is 0 Å². The van der Waals surface area contributed by atoms with Crippen molar-refractivity contribution < 1.29 is 4.79 Å². The lowest BCUT2D eigenvalue weighted by Crippen LogP contribution is -1.98. The molecule has 0 radical (unpaired) electrons. The molecule has 0 heterocycles. The van der Waals surface area contributed by atoms with Gasteiger partial charge in [-0.05, 0) is 35.6 Å². The predicted molar refractivity (Wildman–Crippen MR) is 57.7 cm³/mol. The average Bonchev–Trinajstić information content (AvgIpc) is 2.17. The number of hydrogen-bond donors (Lipinski definition) is 0. The molecule has 0 aromatic heterocycles. The maximum atomic E-state index is 10.7. The topological polar surface area (TPSA) is 17.1 Å². The lowest BCUT2D eigenvalue weighted by atomic mass is 10.2. The van der Waals surface area contributed by atoms with Crippen LogP contribution in [-0.4, -0.2) is 11.5 Å². The number of alkyl halides is 1. The Hall–Kier alpha value is -0.180. The van der Waals surface area contributed by atoms with Crippen LogP contribution in [0.25, 0.3) is 0 Å². The van der Waals surface area contributed by atoms with Gasteiger partial charge in [-0.25, -0.2) is 0 Å². The monoisotopic (exact) mass is 234 g/mol. The molecule has 0 amide bonds. The highest BCUT2D eigenvalue weighted by atomic mass is 35.5. The highest BCUT2D eigenvalue weighted by Gasteiger charge is 2.14. The Morgan fingerprint density at radius 3 is 2.31 bits per heavy atom. The number of thioether (sulfide) groups is 1.